The van der Waals surface area contributed by atoms with Gasteiger partial charge in [0, 0.05) is 19.5 Å². The summed E-state index contributed by atoms with van der Waals surface area (Å²) in [6, 6.07) is 9.30. The van der Waals surface area contributed by atoms with E-state index in [9.17, 15) is 17.2 Å². The zero-order valence-corrected chi connectivity index (χ0v) is 13.2. The minimum absolute atomic E-state index is 0.000198. The normalized spacial score (nSPS) is 21.1. The van der Waals surface area contributed by atoms with Crippen molar-refractivity contribution < 1.29 is 17.2 Å². The summed E-state index contributed by atoms with van der Waals surface area (Å²) in [4.78, 5) is 0. The molecule has 0 aliphatic carbocycles. The van der Waals surface area contributed by atoms with Gasteiger partial charge < -0.3 is 0 Å². The number of alkyl halides is 2. The van der Waals surface area contributed by atoms with Crippen LogP contribution in [0.4, 0.5) is 8.78 Å². The smallest absolute Gasteiger partial charge is 0.246 e. The molecule has 9 heteroatoms. The average molecular weight is 342 g/mol. The first-order chi connectivity index (χ1) is 10.9. The summed E-state index contributed by atoms with van der Waals surface area (Å²) in [5, 5.41) is 7.26. The van der Waals surface area contributed by atoms with Gasteiger partial charge in [-0.05, 0) is 5.56 Å². The quantitative estimate of drug-likeness (QED) is 0.848. The van der Waals surface area contributed by atoms with E-state index in [0.717, 1.165) is 10.2 Å². The van der Waals surface area contributed by atoms with Gasteiger partial charge in [-0.3, -0.25) is 0 Å². The van der Waals surface area contributed by atoms with Gasteiger partial charge in [-0.2, -0.15) is 4.31 Å². The fourth-order valence-electron chi connectivity index (χ4n) is 2.82. The Labute approximate surface area is 132 Å². The van der Waals surface area contributed by atoms with Crippen LogP contribution in [0.25, 0.3) is 0 Å². The molecule has 0 amide bonds. The molecule has 1 fully saturated rings. The number of hydrogen-bond acceptors (Lipinski definition) is 4. The van der Waals surface area contributed by atoms with Crippen LogP contribution in [0.3, 0.4) is 0 Å². The van der Waals surface area contributed by atoms with Gasteiger partial charge in [-0.25, -0.2) is 21.9 Å². The maximum Gasteiger partial charge on any atom is 0.281 e. The average Bonchev–Trinajstić information content (AvgIpc) is 3.01. The molecule has 2 heterocycles. The summed E-state index contributed by atoms with van der Waals surface area (Å²) < 4.78 is 53.0. The lowest BCUT2D eigenvalue weighted by molar-refractivity contribution is 0.139. The predicted octanol–water partition coefficient (Wildman–Crippen LogP) is 1.68. The van der Waals surface area contributed by atoms with Crippen molar-refractivity contribution in [3.63, 3.8) is 0 Å². The number of aryl methyl sites for hydroxylation is 1. The molecule has 124 valence electrons. The van der Waals surface area contributed by atoms with E-state index in [1.54, 1.807) is 0 Å². The molecule has 2 aromatic rings. The Morgan fingerprint density at radius 1 is 1.30 bits per heavy atom. The van der Waals surface area contributed by atoms with E-state index in [-0.39, 0.29) is 36.1 Å². The zero-order valence-electron chi connectivity index (χ0n) is 12.4. The Hall–Kier alpha value is -1.87. The Morgan fingerprint density at radius 2 is 2.00 bits per heavy atom. The van der Waals surface area contributed by atoms with Gasteiger partial charge in [-0.15, -0.1) is 5.10 Å². The second-order valence-electron chi connectivity index (χ2n) is 5.52. The van der Waals surface area contributed by atoms with E-state index in [4.69, 9.17) is 0 Å². The SMILES string of the molecule is Cn1nnc(CN2CC(c3ccccc3)CS2(=O)=O)c1C(F)F. The van der Waals surface area contributed by atoms with Crippen LogP contribution in [0.2, 0.25) is 0 Å². The summed E-state index contributed by atoms with van der Waals surface area (Å²) in [5.41, 5.74) is 0.579. The second kappa shape index (κ2) is 5.97. The number of hydrogen-bond donors (Lipinski definition) is 0. The molecule has 0 N–H and O–H groups in total. The first-order valence-corrected chi connectivity index (χ1v) is 8.69. The number of sulfonamides is 1. The number of benzene rings is 1. The molecule has 1 saturated heterocycles. The lowest BCUT2D eigenvalue weighted by Gasteiger charge is -2.14. The van der Waals surface area contributed by atoms with Crippen LogP contribution in [0.5, 0.6) is 0 Å². The van der Waals surface area contributed by atoms with Crippen molar-refractivity contribution >= 4 is 10.0 Å². The molecule has 3 rings (SSSR count). The first-order valence-electron chi connectivity index (χ1n) is 7.08. The van der Waals surface area contributed by atoms with Crippen LogP contribution >= 0.6 is 0 Å². The topological polar surface area (TPSA) is 68.1 Å². The molecular formula is C14H16F2N4O2S. The highest BCUT2D eigenvalue weighted by Crippen LogP contribution is 2.30. The van der Waals surface area contributed by atoms with Crippen LogP contribution in [0, 0.1) is 0 Å². The molecule has 0 saturated carbocycles. The van der Waals surface area contributed by atoms with Crippen molar-refractivity contribution in [2.24, 2.45) is 7.05 Å². The van der Waals surface area contributed by atoms with Gasteiger partial charge >= 0.3 is 0 Å². The van der Waals surface area contributed by atoms with E-state index in [1.807, 2.05) is 30.3 Å². The number of halogens is 2. The molecule has 6 nitrogen and oxygen atoms in total. The molecular weight excluding hydrogens is 326 g/mol. The van der Waals surface area contributed by atoms with Gasteiger partial charge in [0.2, 0.25) is 10.0 Å². The third-order valence-corrected chi connectivity index (χ3v) is 5.87. The van der Waals surface area contributed by atoms with Crippen LogP contribution in [-0.4, -0.2) is 40.0 Å². The van der Waals surface area contributed by atoms with Gasteiger partial charge in [0.15, 0.2) is 0 Å². The third kappa shape index (κ3) is 3.11. The number of rotatable bonds is 4. The molecule has 0 spiro atoms. The van der Waals surface area contributed by atoms with Gasteiger partial charge in [0.1, 0.15) is 11.4 Å². The second-order valence-corrected chi connectivity index (χ2v) is 7.54. The summed E-state index contributed by atoms with van der Waals surface area (Å²) in [7, 11) is -2.14. The molecule has 1 unspecified atom stereocenters. The highest BCUT2D eigenvalue weighted by Gasteiger charge is 2.38. The third-order valence-electron chi connectivity index (χ3n) is 3.98. The predicted molar refractivity (Wildman–Crippen MR) is 79.3 cm³/mol. The Bertz CT molecular complexity index is 792. The maximum atomic E-state index is 13.1. The summed E-state index contributed by atoms with van der Waals surface area (Å²) in [5.74, 6) is -0.200. The molecule has 0 radical (unpaired) electrons. The van der Waals surface area contributed by atoms with Crippen molar-refractivity contribution in [3.8, 4) is 0 Å². The standard InChI is InChI=1S/C14H16F2N4O2S/c1-19-13(14(15)16)12(17-18-19)8-20-7-11(9-23(20,21)22)10-5-3-2-4-6-10/h2-6,11,14H,7-9H2,1H3. The first kappa shape index (κ1) is 16.0. The Balaban J connectivity index is 1.84. The molecule has 1 aromatic heterocycles. The minimum atomic E-state index is -3.50. The number of aromatic nitrogens is 3. The van der Waals surface area contributed by atoms with Crippen LogP contribution in [0.1, 0.15) is 29.3 Å². The van der Waals surface area contributed by atoms with Gasteiger partial charge in [0.25, 0.3) is 6.43 Å². The van der Waals surface area contributed by atoms with Crippen LogP contribution in [0.15, 0.2) is 30.3 Å². The lowest BCUT2D eigenvalue weighted by Crippen LogP contribution is -2.26. The summed E-state index contributed by atoms with van der Waals surface area (Å²) in [6.45, 7) is 0.0742. The monoisotopic (exact) mass is 342 g/mol. The highest BCUT2D eigenvalue weighted by atomic mass is 32.2. The van der Waals surface area contributed by atoms with Crippen LogP contribution < -0.4 is 0 Å². The fraction of sp³-hybridized carbons (Fsp3) is 0.429. The Kier molecular flexibility index (Phi) is 4.15. The fourth-order valence-corrected chi connectivity index (χ4v) is 4.56. The van der Waals surface area contributed by atoms with Crippen molar-refractivity contribution in [2.45, 2.75) is 18.9 Å². The Morgan fingerprint density at radius 3 is 2.65 bits per heavy atom. The lowest BCUT2D eigenvalue weighted by atomic mass is 10.0. The maximum absolute atomic E-state index is 13.1. The van der Waals surface area contributed by atoms with Crippen LogP contribution in [-0.2, 0) is 23.6 Å². The van der Waals surface area contributed by atoms with E-state index in [1.165, 1.54) is 11.4 Å². The van der Waals surface area contributed by atoms with Crippen molar-refractivity contribution in [3.05, 3.63) is 47.3 Å². The molecule has 1 aliphatic heterocycles. The van der Waals surface area contributed by atoms with E-state index in [2.05, 4.69) is 10.3 Å². The van der Waals surface area contributed by atoms with Gasteiger partial charge in [0.05, 0.1) is 12.3 Å². The molecule has 1 aromatic carbocycles. The molecule has 1 atom stereocenters. The largest absolute Gasteiger partial charge is 0.281 e. The molecule has 0 bridgehead atoms. The van der Waals surface area contributed by atoms with E-state index in [0.29, 0.717) is 0 Å². The van der Waals surface area contributed by atoms with E-state index < -0.39 is 16.4 Å². The van der Waals surface area contributed by atoms with Crippen molar-refractivity contribution in [1.82, 2.24) is 19.3 Å². The van der Waals surface area contributed by atoms with E-state index >= 15 is 0 Å². The minimum Gasteiger partial charge on any atom is -0.246 e. The zero-order chi connectivity index (χ0) is 16.6. The highest BCUT2D eigenvalue weighted by molar-refractivity contribution is 7.89. The molecule has 23 heavy (non-hydrogen) atoms. The molecule has 1 aliphatic rings. The summed E-state index contributed by atoms with van der Waals surface area (Å²) in [6.07, 6.45) is -2.75. The van der Waals surface area contributed by atoms with Crippen molar-refractivity contribution in [1.29, 1.82) is 0 Å². The summed E-state index contributed by atoms with van der Waals surface area (Å²) >= 11 is 0. The number of nitrogens with zero attached hydrogens (tertiary/aromatic N) is 4. The van der Waals surface area contributed by atoms with Gasteiger partial charge in [-0.1, -0.05) is 35.5 Å². The van der Waals surface area contributed by atoms with Crippen molar-refractivity contribution in [2.75, 3.05) is 12.3 Å².